The third kappa shape index (κ3) is 3.39. The van der Waals surface area contributed by atoms with E-state index in [1.54, 1.807) is 9.80 Å². The van der Waals surface area contributed by atoms with Crippen molar-refractivity contribution in [1.82, 2.24) is 9.80 Å². The summed E-state index contributed by atoms with van der Waals surface area (Å²) in [6, 6.07) is 5.67. The highest BCUT2D eigenvalue weighted by atomic mass is 32.1. The van der Waals surface area contributed by atoms with E-state index in [1.807, 2.05) is 32.0 Å². The van der Waals surface area contributed by atoms with Crippen molar-refractivity contribution in [2.24, 2.45) is 5.73 Å². The van der Waals surface area contributed by atoms with Crippen molar-refractivity contribution in [3.63, 3.8) is 0 Å². The molecule has 1 aromatic carbocycles. The van der Waals surface area contributed by atoms with E-state index in [2.05, 4.69) is 0 Å². The maximum absolute atomic E-state index is 12.1. The molecule has 21 heavy (non-hydrogen) atoms. The van der Waals surface area contributed by atoms with E-state index < -0.39 is 0 Å². The average molecular weight is 305 g/mol. The van der Waals surface area contributed by atoms with E-state index >= 15 is 0 Å². The predicted molar refractivity (Wildman–Crippen MR) is 84.7 cm³/mol. The summed E-state index contributed by atoms with van der Waals surface area (Å²) < 4.78 is 0. The molecule has 6 heteroatoms. The monoisotopic (exact) mass is 305 g/mol. The van der Waals surface area contributed by atoms with E-state index in [4.69, 9.17) is 18.0 Å². The molecule has 0 radical (unpaired) electrons. The lowest BCUT2D eigenvalue weighted by molar-refractivity contribution is -0.150. The van der Waals surface area contributed by atoms with Crippen LogP contribution in [0.15, 0.2) is 18.2 Å². The first-order chi connectivity index (χ1) is 9.92. The maximum Gasteiger partial charge on any atom is 0.242 e. The fraction of sp³-hybridized carbons (Fsp3) is 0.400. The molecule has 0 unspecified atom stereocenters. The lowest BCUT2D eigenvalue weighted by Crippen LogP contribution is -2.53. The Morgan fingerprint density at radius 2 is 1.86 bits per heavy atom. The minimum Gasteiger partial charge on any atom is -0.389 e. The number of piperazine rings is 1. The van der Waals surface area contributed by atoms with E-state index in [-0.39, 0.29) is 24.9 Å². The second-order valence-corrected chi connectivity index (χ2v) is 5.60. The van der Waals surface area contributed by atoms with Gasteiger partial charge < -0.3 is 15.5 Å². The van der Waals surface area contributed by atoms with Crippen LogP contribution in [0.2, 0.25) is 0 Å². The van der Waals surface area contributed by atoms with Crippen LogP contribution in [0.4, 0.5) is 0 Å². The number of nitrogens with two attached hydrogens (primary N) is 1. The molecule has 2 rings (SSSR count). The van der Waals surface area contributed by atoms with Gasteiger partial charge in [0.1, 0.15) is 11.5 Å². The number of benzene rings is 1. The molecule has 0 spiro atoms. The van der Waals surface area contributed by atoms with Gasteiger partial charge in [-0.2, -0.15) is 0 Å². The van der Waals surface area contributed by atoms with Gasteiger partial charge >= 0.3 is 0 Å². The Morgan fingerprint density at radius 1 is 1.24 bits per heavy atom. The van der Waals surface area contributed by atoms with Crippen LogP contribution in [0.3, 0.4) is 0 Å². The molecule has 0 bridgehead atoms. The van der Waals surface area contributed by atoms with E-state index in [1.165, 1.54) is 0 Å². The van der Waals surface area contributed by atoms with Crippen molar-refractivity contribution in [1.29, 1.82) is 0 Å². The summed E-state index contributed by atoms with van der Waals surface area (Å²) in [7, 11) is 0. The van der Waals surface area contributed by atoms with Gasteiger partial charge in [-0.05, 0) is 31.0 Å². The molecular weight excluding hydrogens is 286 g/mol. The maximum atomic E-state index is 12.1. The molecule has 0 aromatic heterocycles. The SMILES string of the molecule is CCN1CC(=O)N(Cc2ccc(C(N)=S)cc2C)CC1=O. The third-order valence-corrected chi connectivity index (χ3v) is 3.96. The van der Waals surface area contributed by atoms with E-state index in [9.17, 15) is 9.59 Å². The third-order valence-electron chi connectivity index (χ3n) is 3.73. The molecule has 1 fully saturated rings. The molecule has 1 saturated heterocycles. The number of rotatable bonds is 4. The number of carbonyl (C=O) groups is 2. The van der Waals surface area contributed by atoms with Gasteiger partial charge in [-0.25, -0.2) is 0 Å². The fourth-order valence-electron chi connectivity index (χ4n) is 2.37. The largest absolute Gasteiger partial charge is 0.389 e. The van der Waals surface area contributed by atoms with Crippen molar-refractivity contribution >= 4 is 29.0 Å². The van der Waals surface area contributed by atoms with Gasteiger partial charge in [0.05, 0.1) is 6.54 Å². The molecule has 112 valence electrons. The number of hydrogen-bond acceptors (Lipinski definition) is 3. The molecule has 0 aliphatic carbocycles. The number of thiocarbonyl (C=S) groups is 1. The Hall–Kier alpha value is -1.95. The number of nitrogens with zero attached hydrogens (tertiary/aromatic N) is 2. The zero-order valence-electron chi connectivity index (χ0n) is 12.3. The zero-order valence-corrected chi connectivity index (χ0v) is 13.1. The summed E-state index contributed by atoms with van der Waals surface area (Å²) in [4.78, 5) is 27.5. The van der Waals surface area contributed by atoms with Crippen LogP contribution < -0.4 is 5.73 Å². The van der Waals surface area contributed by atoms with Gasteiger partial charge in [-0.3, -0.25) is 9.59 Å². The number of likely N-dealkylation sites (N-methyl/N-ethyl adjacent to an activating group) is 1. The topological polar surface area (TPSA) is 66.6 Å². The van der Waals surface area contributed by atoms with Crippen molar-refractivity contribution in [2.45, 2.75) is 20.4 Å². The molecule has 1 aliphatic rings. The molecule has 2 N–H and O–H groups in total. The smallest absolute Gasteiger partial charge is 0.242 e. The predicted octanol–water partition coefficient (Wildman–Crippen LogP) is 0.820. The van der Waals surface area contributed by atoms with Crippen molar-refractivity contribution in [3.8, 4) is 0 Å². The summed E-state index contributed by atoms with van der Waals surface area (Å²) in [5, 5.41) is 0. The molecule has 1 heterocycles. The molecular formula is C15H19N3O2S. The Labute approximate surface area is 129 Å². The average Bonchev–Trinajstić information content (AvgIpc) is 2.44. The van der Waals surface area contributed by atoms with Crippen molar-refractivity contribution in [3.05, 3.63) is 34.9 Å². The van der Waals surface area contributed by atoms with Gasteiger partial charge in [0, 0.05) is 18.7 Å². The molecule has 1 aliphatic heterocycles. The van der Waals surface area contributed by atoms with Crippen LogP contribution in [-0.2, 0) is 16.1 Å². The molecule has 0 saturated carbocycles. The number of amides is 2. The Kier molecular flexibility index (Phi) is 4.57. The number of carbonyl (C=O) groups excluding carboxylic acids is 2. The van der Waals surface area contributed by atoms with E-state index in [0.29, 0.717) is 18.1 Å². The summed E-state index contributed by atoms with van der Waals surface area (Å²) in [5.74, 6) is -0.0243. The second kappa shape index (κ2) is 6.22. The number of hydrogen-bond donors (Lipinski definition) is 1. The lowest BCUT2D eigenvalue weighted by Gasteiger charge is -2.33. The fourth-order valence-corrected chi connectivity index (χ4v) is 2.49. The Bertz CT molecular complexity index is 601. The van der Waals surface area contributed by atoms with Gasteiger partial charge in [-0.1, -0.05) is 24.4 Å². The van der Waals surface area contributed by atoms with Gasteiger partial charge in [0.15, 0.2) is 0 Å². The molecule has 1 aromatic rings. The van der Waals surface area contributed by atoms with Gasteiger partial charge in [0.2, 0.25) is 11.8 Å². The standard InChI is InChI=1S/C15H19N3O2S/c1-3-17-8-14(20)18(9-13(17)19)7-12-5-4-11(15(16)21)6-10(12)2/h4-6H,3,7-9H2,1-2H3,(H2,16,21). The van der Waals surface area contributed by atoms with Gasteiger partial charge in [-0.15, -0.1) is 0 Å². The molecule has 5 nitrogen and oxygen atoms in total. The summed E-state index contributed by atoms with van der Waals surface area (Å²) in [6.07, 6.45) is 0. The van der Waals surface area contributed by atoms with Crippen LogP contribution in [0, 0.1) is 6.92 Å². The summed E-state index contributed by atoms with van der Waals surface area (Å²) >= 11 is 4.95. The highest BCUT2D eigenvalue weighted by Gasteiger charge is 2.28. The van der Waals surface area contributed by atoms with Crippen LogP contribution in [0.1, 0.15) is 23.6 Å². The summed E-state index contributed by atoms with van der Waals surface area (Å²) in [6.45, 7) is 5.14. The van der Waals surface area contributed by atoms with E-state index in [0.717, 1.165) is 16.7 Å². The minimum atomic E-state index is -0.0192. The van der Waals surface area contributed by atoms with Crippen LogP contribution in [-0.4, -0.2) is 46.2 Å². The summed E-state index contributed by atoms with van der Waals surface area (Å²) in [5.41, 5.74) is 8.43. The van der Waals surface area contributed by atoms with Crippen LogP contribution >= 0.6 is 12.2 Å². The van der Waals surface area contributed by atoms with Gasteiger partial charge in [0.25, 0.3) is 0 Å². The van der Waals surface area contributed by atoms with Crippen LogP contribution in [0.25, 0.3) is 0 Å². The first-order valence-electron chi connectivity index (χ1n) is 6.87. The zero-order chi connectivity index (χ0) is 15.6. The Morgan fingerprint density at radius 3 is 2.43 bits per heavy atom. The molecule has 2 amide bonds. The van der Waals surface area contributed by atoms with Crippen LogP contribution in [0.5, 0.6) is 0 Å². The quantitative estimate of drug-likeness (QED) is 0.836. The highest BCUT2D eigenvalue weighted by molar-refractivity contribution is 7.80. The molecule has 0 atom stereocenters. The first kappa shape index (κ1) is 15.4. The second-order valence-electron chi connectivity index (χ2n) is 5.16. The normalized spacial score (nSPS) is 15.5. The Balaban J connectivity index is 2.13. The van der Waals surface area contributed by atoms with Crippen molar-refractivity contribution < 1.29 is 9.59 Å². The highest BCUT2D eigenvalue weighted by Crippen LogP contribution is 2.16. The number of aryl methyl sites for hydroxylation is 1. The first-order valence-corrected chi connectivity index (χ1v) is 7.28. The lowest BCUT2D eigenvalue weighted by atomic mass is 10.0. The minimum absolute atomic E-state index is 0.00508. The van der Waals surface area contributed by atoms with Crippen molar-refractivity contribution in [2.75, 3.05) is 19.6 Å².